The van der Waals surface area contributed by atoms with E-state index < -0.39 is 5.03 Å². The monoisotopic (exact) mass is 300 g/mol. The lowest BCUT2D eigenvalue weighted by Gasteiger charge is -2.26. The zero-order valence-electron chi connectivity index (χ0n) is 10.5. The topological polar surface area (TPSA) is 105 Å². The molecule has 9 nitrogen and oxygen atoms in total. The van der Waals surface area contributed by atoms with Gasteiger partial charge in [0.15, 0.2) is 5.03 Å². The Labute approximate surface area is 119 Å². The number of nitrogens with zero attached hydrogens (tertiary/aromatic N) is 4. The number of rotatable bonds is 5. The fraction of sp³-hybridized carbons (Fsp3) is 0.400. The molecular weight excluding hydrogens is 288 g/mol. The van der Waals surface area contributed by atoms with Crippen molar-refractivity contribution in [3.8, 4) is 0 Å². The van der Waals surface area contributed by atoms with Crippen molar-refractivity contribution in [1.82, 2.24) is 20.8 Å². The van der Waals surface area contributed by atoms with E-state index in [1.165, 1.54) is 5.06 Å². The highest BCUT2D eigenvalue weighted by atomic mass is 35.5. The van der Waals surface area contributed by atoms with E-state index in [1.54, 1.807) is 12.3 Å². The summed E-state index contributed by atoms with van der Waals surface area (Å²) in [5.74, 6) is 0.0722. The largest absolute Gasteiger partial charge is 0.283 e. The minimum absolute atomic E-state index is 0.0722. The fourth-order valence-electron chi connectivity index (χ4n) is 1.54. The molecule has 0 saturated carbocycles. The van der Waals surface area contributed by atoms with Gasteiger partial charge in [0.25, 0.3) is 5.96 Å². The molecule has 1 aromatic heterocycles. The van der Waals surface area contributed by atoms with Gasteiger partial charge < -0.3 is 0 Å². The van der Waals surface area contributed by atoms with E-state index in [-0.39, 0.29) is 5.96 Å². The van der Waals surface area contributed by atoms with Gasteiger partial charge in [-0.15, -0.1) is 0 Å². The quantitative estimate of drug-likeness (QED) is 0.453. The molecule has 0 fully saturated rings. The van der Waals surface area contributed by atoms with Crippen molar-refractivity contribution < 1.29 is 9.87 Å². The average Bonchev–Trinajstić information content (AvgIpc) is 2.42. The SMILES string of the molecule is O=[N+]([O-])NC1=NCNCN1OCCc1ccc(Cl)nc1. The summed E-state index contributed by atoms with van der Waals surface area (Å²) in [5, 5.41) is 14.4. The molecule has 1 aliphatic heterocycles. The second-order valence-electron chi connectivity index (χ2n) is 3.87. The number of hydrogen-bond donors (Lipinski definition) is 2. The minimum atomic E-state index is -0.677. The first kappa shape index (κ1) is 14.4. The van der Waals surface area contributed by atoms with Crippen LogP contribution in [0.15, 0.2) is 23.3 Å². The molecule has 0 unspecified atom stereocenters. The zero-order valence-corrected chi connectivity index (χ0v) is 11.2. The third-order valence-corrected chi connectivity index (χ3v) is 2.67. The molecule has 1 aliphatic rings. The van der Waals surface area contributed by atoms with Crippen LogP contribution >= 0.6 is 11.6 Å². The summed E-state index contributed by atoms with van der Waals surface area (Å²) in [6.45, 7) is 0.957. The molecule has 20 heavy (non-hydrogen) atoms. The number of hydroxylamine groups is 2. The lowest BCUT2D eigenvalue weighted by molar-refractivity contribution is -0.528. The maximum Gasteiger partial charge on any atom is 0.283 e. The van der Waals surface area contributed by atoms with Crippen molar-refractivity contribution in [2.24, 2.45) is 4.99 Å². The first-order chi connectivity index (χ1) is 9.65. The van der Waals surface area contributed by atoms with E-state index in [0.29, 0.717) is 31.5 Å². The lowest BCUT2D eigenvalue weighted by atomic mass is 10.2. The lowest BCUT2D eigenvalue weighted by Crippen LogP contribution is -2.51. The van der Waals surface area contributed by atoms with Gasteiger partial charge in [0, 0.05) is 6.20 Å². The smallest absolute Gasteiger partial charge is 0.279 e. The molecule has 0 radical (unpaired) electrons. The predicted molar refractivity (Wildman–Crippen MR) is 71.2 cm³/mol. The van der Waals surface area contributed by atoms with Crippen molar-refractivity contribution in [3.63, 3.8) is 0 Å². The van der Waals surface area contributed by atoms with Gasteiger partial charge >= 0.3 is 0 Å². The number of hydrogen-bond acceptors (Lipinski definition) is 7. The summed E-state index contributed by atoms with van der Waals surface area (Å²) in [7, 11) is 0. The molecule has 2 rings (SSSR count). The highest BCUT2D eigenvalue weighted by Crippen LogP contribution is 2.06. The first-order valence-corrected chi connectivity index (χ1v) is 6.20. The van der Waals surface area contributed by atoms with E-state index in [1.807, 2.05) is 11.5 Å². The van der Waals surface area contributed by atoms with Crippen LogP contribution in [0.1, 0.15) is 5.56 Å². The van der Waals surface area contributed by atoms with Crippen LogP contribution in [0.25, 0.3) is 0 Å². The maximum atomic E-state index is 10.4. The second kappa shape index (κ2) is 6.98. The minimum Gasteiger partial charge on any atom is -0.279 e. The standard InChI is InChI=1S/C10H13ClN6O3/c11-9-2-1-8(5-13-9)3-4-20-16-7-12-6-14-10(16)15-17(18)19/h1-2,5,12H,3-4,6-7H2,(H,14,15). The Morgan fingerprint density at radius 2 is 2.45 bits per heavy atom. The van der Waals surface area contributed by atoms with Crippen LogP contribution in [-0.2, 0) is 11.3 Å². The van der Waals surface area contributed by atoms with Crippen LogP contribution in [0.3, 0.4) is 0 Å². The normalized spacial score (nSPS) is 14.8. The van der Waals surface area contributed by atoms with Crippen LogP contribution in [0.2, 0.25) is 5.15 Å². The molecule has 0 atom stereocenters. The number of guanidine groups is 1. The number of hydrazine groups is 1. The maximum absolute atomic E-state index is 10.4. The van der Waals surface area contributed by atoms with Gasteiger partial charge in [0.1, 0.15) is 5.15 Å². The number of halogens is 1. The van der Waals surface area contributed by atoms with Gasteiger partial charge in [0.05, 0.1) is 19.9 Å². The molecule has 0 spiro atoms. The summed E-state index contributed by atoms with van der Waals surface area (Å²) < 4.78 is 0. The summed E-state index contributed by atoms with van der Waals surface area (Å²) in [4.78, 5) is 23.7. The van der Waals surface area contributed by atoms with Crippen LogP contribution in [0, 0.1) is 10.1 Å². The van der Waals surface area contributed by atoms with E-state index in [9.17, 15) is 10.1 Å². The highest BCUT2D eigenvalue weighted by molar-refractivity contribution is 6.29. The van der Waals surface area contributed by atoms with Crippen molar-refractivity contribution in [1.29, 1.82) is 0 Å². The van der Waals surface area contributed by atoms with Gasteiger partial charge in [-0.05, 0) is 18.1 Å². The Morgan fingerprint density at radius 3 is 3.15 bits per heavy atom. The van der Waals surface area contributed by atoms with Gasteiger partial charge in [-0.25, -0.2) is 25.2 Å². The highest BCUT2D eigenvalue weighted by Gasteiger charge is 2.19. The molecule has 1 aromatic rings. The molecular formula is C10H13ClN6O3. The Balaban J connectivity index is 1.83. The first-order valence-electron chi connectivity index (χ1n) is 5.82. The Bertz CT molecular complexity index is 494. The molecule has 0 saturated heterocycles. The molecule has 10 heteroatoms. The predicted octanol–water partition coefficient (Wildman–Crippen LogP) is 0.167. The van der Waals surface area contributed by atoms with Gasteiger partial charge in [-0.3, -0.25) is 10.2 Å². The van der Waals surface area contributed by atoms with Crippen LogP contribution in [-0.4, -0.2) is 41.0 Å². The average molecular weight is 301 g/mol. The van der Waals surface area contributed by atoms with Crippen LogP contribution < -0.4 is 10.7 Å². The summed E-state index contributed by atoms with van der Waals surface area (Å²) >= 11 is 5.69. The van der Waals surface area contributed by atoms with Crippen LogP contribution in [0.4, 0.5) is 0 Å². The number of nitro groups is 1. The van der Waals surface area contributed by atoms with Gasteiger partial charge in [-0.1, -0.05) is 23.1 Å². The van der Waals surface area contributed by atoms with Crippen LogP contribution in [0.5, 0.6) is 0 Å². The summed E-state index contributed by atoms with van der Waals surface area (Å²) in [6, 6.07) is 3.54. The Hall–Kier alpha value is -1.97. The molecule has 0 bridgehead atoms. The molecule has 0 amide bonds. The van der Waals surface area contributed by atoms with Crippen molar-refractivity contribution in [3.05, 3.63) is 39.2 Å². The number of nitrogens with one attached hydrogen (secondary N) is 2. The zero-order chi connectivity index (χ0) is 14.4. The molecule has 0 aromatic carbocycles. The Kier molecular flexibility index (Phi) is 5.04. The van der Waals surface area contributed by atoms with Gasteiger partial charge in [-0.2, -0.15) is 0 Å². The van der Waals surface area contributed by atoms with E-state index in [0.717, 1.165) is 5.56 Å². The third-order valence-electron chi connectivity index (χ3n) is 2.45. The van der Waals surface area contributed by atoms with E-state index in [2.05, 4.69) is 15.3 Å². The number of aromatic nitrogens is 1. The van der Waals surface area contributed by atoms with Crippen molar-refractivity contribution in [2.75, 3.05) is 19.9 Å². The number of aliphatic imine (C=N–C) groups is 1. The fourth-order valence-corrected chi connectivity index (χ4v) is 1.66. The second-order valence-corrected chi connectivity index (χ2v) is 4.26. The summed E-state index contributed by atoms with van der Waals surface area (Å²) in [6.07, 6.45) is 2.26. The molecule has 2 N–H and O–H groups in total. The number of pyridine rings is 1. The molecule has 0 aliphatic carbocycles. The van der Waals surface area contributed by atoms with E-state index in [4.69, 9.17) is 16.4 Å². The van der Waals surface area contributed by atoms with Crippen molar-refractivity contribution in [2.45, 2.75) is 6.42 Å². The Morgan fingerprint density at radius 1 is 1.60 bits per heavy atom. The van der Waals surface area contributed by atoms with Gasteiger partial charge in [0.2, 0.25) is 0 Å². The third kappa shape index (κ3) is 4.30. The van der Waals surface area contributed by atoms with Crippen molar-refractivity contribution >= 4 is 17.6 Å². The molecule has 108 valence electrons. The van der Waals surface area contributed by atoms with E-state index >= 15 is 0 Å². The summed E-state index contributed by atoms with van der Waals surface area (Å²) in [5.41, 5.74) is 2.95. The molecule has 2 heterocycles.